The Balaban J connectivity index is 2.11. The lowest BCUT2D eigenvalue weighted by Gasteiger charge is -2.16. The van der Waals surface area contributed by atoms with E-state index in [2.05, 4.69) is 5.10 Å². The molecule has 1 heterocycles. The molecule has 0 saturated heterocycles. The molecule has 0 aliphatic rings. The van der Waals surface area contributed by atoms with Crippen molar-refractivity contribution in [1.29, 1.82) is 0 Å². The number of carbonyl (C=O) groups excluding carboxylic acids is 1. The van der Waals surface area contributed by atoms with E-state index in [-0.39, 0.29) is 5.69 Å². The summed E-state index contributed by atoms with van der Waals surface area (Å²) in [7, 11) is 1.31. The third-order valence-electron chi connectivity index (χ3n) is 2.98. The first-order valence-corrected chi connectivity index (χ1v) is 6.78. The zero-order valence-electron chi connectivity index (χ0n) is 11.6. The minimum atomic E-state index is -4.30. The van der Waals surface area contributed by atoms with Crippen LogP contribution in [0.2, 0.25) is 5.02 Å². The molecule has 0 saturated carbocycles. The van der Waals surface area contributed by atoms with Crippen molar-refractivity contribution in [3.8, 4) is 5.69 Å². The monoisotopic (exact) mass is 331 g/mol. The smallest absolute Gasteiger partial charge is 0.340 e. The van der Waals surface area contributed by atoms with E-state index >= 15 is 0 Å². The minimum Gasteiger partial charge on any atom is -0.340 e. The van der Waals surface area contributed by atoms with Crippen LogP contribution >= 0.6 is 11.6 Å². The van der Waals surface area contributed by atoms with Crippen molar-refractivity contribution in [2.24, 2.45) is 0 Å². The average Bonchev–Trinajstić information content (AvgIpc) is 2.93. The van der Waals surface area contributed by atoms with E-state index in [1.54, 1.807) is 24.3 Å². The van der Waals surface area contributed by atoms with Gasteiger partial charge in [-0.3, -0.25) is 4.79 Å². The molecule has 1 aromatic carbocycles. The van der Waals surface area contributed by atoms with E-state index in [4.69, 9.17) is 11.6 Å². The van der Waals surface area contributed by atoms with Gasteiger partial charge in [-0.1, -0.05) is 23.7 Å². The van der Waals surface area contributed by atoms with Gasteiger partial charge in [0, 0.05) is 19.8 Å². The number of amides is 1. The number of rotatable bonds is 4. The number of alkyl halides is 3. The maximum Gasteiger partial charge on any atom is 0.390 e. The molecule has 0 unspecified atom stereocenters. The number of aromatic nitrogens is 2. The van der Waals surface area contributed by atoms with Gasteiger partial charge in [-0.15, -0.1) is 0 Å². The maximum atomic E-state index is 12.2. The molecule has 0 aliphatic heterocycles. The summed E-state index contributed by atoms with van der Waals surface area (Å²) in [6.45, 7) is -0.415. The first-order chi connectivity index (χ1) is 10.3. The zero-order chi connectivity index (χ0) is 16.3. The second-order valence-electron chi connectivity index (χ2n) is 4.69. The fourth-order valence-corrected chi connectivity index (χ4v) is 2.02. The first-order valence-electron chi connectivity index (χ1n) is 6.41. The maximum absolute atomic E-state index is 12.2. The molecule has 0 radical (unpaired) electrons. The van der Waals surface area contributed by atoms with Gasteiger partial charge in [-0.25, -0.2) is 4.68 Å². The largest absolute Gasteiger partial charge is 0.390 e. The van der Waals surface area contributed by atoms with Gasteiger partial charge in [0.1, 0.15) is 0 Å². The lowest BCUT2D eigenvalue weighted by molar-refractivity contribution is -0.136. The minimum absolute atomic E-state index is 0.0598. The molecule has 0 aliphatic carbocycles. The number of halogens is 4. The summed E-state index contributed by atoms with van der Waals surface area (Å²) in [5, 5.41) is 4.52. The van der Waals surface area contributed by atoms with Crippen molar-refractivity contribution in [2.45, 2.75) is 12.6 Å². The SMILES string of the molecule is CN(CCC(F)(F)F)C(=O)c1ccn(-c2ccccc2Cl)n1. The predicted molar refractivity (Wildman–Crippen MR) is 76.2 cm³/mol. The number of hydrogen-bond donors (Lipinski definition) is 0. The Hall–Kier alpha value is -2.02. The summed E-state index contributed by atoms with van der Waals surface area (Å²) in [5.74, 6) is -0.574. The molecule has 4 nitrogen and oxygen atoms in total. The third kappa shape index (κ3) is 4.00. The summed E-state index contributed by atoms with van der Waals surface area (Å²) in [4.78, 5) is 13.0. The number of nitrogens with zero attached hydrogens (tertiary/aromatic N) is 3. The van der Waals surface area contributed by atoms with Crippen molar-refractivity contribution in [3.63, 3.8) is 0 Å². The molecule has 1 amide bonds. The van der Waals surface area contributed by atoms with Gasteiger partial charge in [0.05, 0.1) is 17.1 Å². The van der Waals surface area contributed by atoms with Crippen LogP contribution in [-0.2, 0) is 0 Å². The van der Waals surface area contributed by atoms with Gasteiger partial charge >= 0.3 is 6.18 Å². The summed E-state index contributed by atoms with van der Waals surface area (Å²) < 4.78 is 37.9. The lowest BCUT2D eigenvalue weighted by Crippen LogP contribution is -2.30. The molecule has 8 heteroatoms. The van der Waals surface area contributed by atoms with Gasteiger partial charge in [0.2, 0.25) is 0 Å². The second-order valence-corrected chi connectivity index (χ2v) is 5.10. The zero-order valence-corrected chi connectivity index (χ0v) is 12.4. The van der Waals surface area contributed by atoms with E-state index < -0.39 is 25.0 Å². The summed E-state index contributed by atoms with van der Waals surface area (Å²) in [6.07, 6.45) is -3.82. The summed E-state index contributed by atoms with van der Waals surface area (Å²) in [6, 6.07) is 8.36. The molecular formula is C14H13ClF3N3O. The average molecular weight is 332 g/mol. The number of benzene rings is 1. The highest BCUT2D eigenvalue weighted by Gasteiger charge is 2.28. The molecule has 118 valence electrons. The Kier molecular flexibility index (Phi) is 4.75. The molecule has 0 N–H and O–H groups in total. The van der Waals surface area contributed by atoms with Crippen molar-refractivity contribution < 1.29 is 18.0 Å². The van der Waals surface area contributed by atoms with Crippen LogP contribution in [0.3, 0.4) is 0 Å². The van der Waals surface area contributed by atoms with Crippen LogP contribution in [0.4, 0.5) is 13.2 Å². The van der Waals surface area contributed by atoms with Crippen LogP contribution in [0, 0.1) is 0 Å². The van der Waals surface area contributed by atoms with Crippen molar-refractivity contribution in [2.75, 3.05) is 13.6 Å². The van der Waals surface area contributed by atoms with Crippen LogP contribution in [-0.4, -0.2) is 40.4 Å². The summed E-state index contributed by atoms with van der Waals surface area (Å²) >= 11 is 6.03. The molecule has 0 fully saturated rings. The number of carbonyl (C=O) groups is 1. The first kappa shape index (κ1) is 16.4. The van der Waals surface area contributed by atoms with E-state index in [0.29, 0.717) is 10.7 Å². The van der Waals surface area contributed by atoms with Crippen LogP contribution < -0.4 is 0 Å². The molecular weight excluding hydrogens is 319 g/mol. The van der Waals surface area contributed by atoms with Crippen molar-refractivity contribution in [1.82, 2.24) is 14.7 Å². The Morgan fingerprint density at radius 3 is 2.64 bits per heavy atom. The van der Waals surface area contributed by atoms with E-state index in [1.165, 1.54) is 24.0 Å². The van der Waals surface area contributed by atoms with E-state index in [0.717, 1.165) is 4.90 Å². The van der Waals surface area contributed by atoms with Crippen molar-refractivity contribution in [3.05, 3.63) is 47.2 Å². The van der Waals surface area contributed by atoms with E-state index in [9.17, 15) is 18.0 Å². The fourth-order valence-electron chi connectivity index (χ4n) is 1.80. The highest BCUT2D eigenvalue weighted by molar-refractivity contribution is 6.32. The molecule has 2 aromatic rings. The lowest BCUT2D eigenvalue weighted by atomic mass is 10.3. The third-order valence-corrected chi connectivity index (χ3v) is 3.30. The predicted octanol–water partition coefficient (Wildman–Crippen LogP) is 3.55. The van der Waals surface area contributed by atoms with Crippen LogP contribution in [0.25, 0.3) is 5.69 Å². The van der Waals surface area contributed by atoms with E-state index in [1.807, 2.05) is 0 Å². The Morgan fingerprint density at radius 1 is 1.32 bits per heavy atom. The molecule has 2 rings (SSSR count). The molecule has 0 bridgehead atoms. The van der Waals surface area contributed by atoms with Crippen LogP contribution in [0.1, 0.15) is 16.9 Å². The Morgan fingerprint density at radius 2 is 2.00 bits per heavy atom. The highest BCUT2D eigenvalue weighted by Crippen LogP contribution is 2.21. The van der Waals surface area contributed by atoms with Gasteiger partial charge in [-0.05, 0) is 18.2 Å². The fraction of sp³-hybridized carbons (Fsp3) is 0.286. The standard InChI is InChI=1S/C14H13ClF3N3O/c1-20(9-7-14(16,17)18)13(22)11-6-8-21(19-11)12-5-3-2-4-10(12)15/h2-6,8H,7,9H2,1H3. The topological polar surface area (TPSA) is 38.1 Å². The quantitative estimate of drug-likeness (QED) is 0.859. The van der Waals surface area contributed by atoms with Gasteiger partial charge < -0.3 is 4.90 Å². The molecule has 22 heavy (non-hydrogen) atoms. The number of hydrogen-bond acceptors (Lipinski definition) is 2. The van der Waals surface area contributed by atoms with Crippen LogP contribution in [0.5, 0.6) is 0 Å². The Bertz CT molecular complexity index is 669. The van der Waals surface area contributed by atoms with Gasteiger partial charge in [0.15, 0.2) is 5.69 Å². The Labute approximate surface area is 130 Å². The summed E-state index contributed by atoms with van der Waals surface area (Å²) in [5.41, 5.74) is 0.644. The highest BCUT2D eigenvalue weighted by atomic mass is 35.5. The number of para-hydroxylation sites is 1. The van der Waals surface area contributed by atoms with Gasteiger partial charge in [-0.2, -0.15) is 18.3 Å². The molecule has 1 aromatic heterocycles. The van der Waals surface area contributed by atoms with Crippen LogP contribution in [0.15, 0.2) is 36.5 Å². The molecule has 0 spiro atoms. The normalized spacial score (nSPS) is 11.5. The van der Waals surface area contributed by atoms with Crippen molar-refractivity contribution >= 4 is 17.5 Å². The molecule has 0 atom stereocenters. The van der Waals surface area contributed by atoms with Gasteiger partial charge in [0.25, 0.3) is 5.91 Å². The second kappa shape index (κ2) is 6.39.